The molecule has 1 aliphatic heterocycles. The van der Waals surface area contributed by atoms with Crippen LogP contribution >= 0.6 is 15.9 Å². The molecule has 0 radical (unpaired) electrons. The van der Waals surface area contributed by atoms with Gasteiger partial charge in [0.05, 0.1) is 16.8 Å². The van der Waals surface area contributed by atoms with Crippen molar-refractivity contribution in [2.75, 3.05) is 13.1 Å². The van der Waals surface area contributed by atoms with Gasteiger partial charge in [-0.15, -0.1) is 0 Å². The molecule has 0 aliphatic carbocycles. The van der Waals surface area contributed by atoms with Crippen molar-refractivity contribution in [2.24, 2.45) is 0 Å². The van der Waals surface area contributed by atoms with Crippen molar-refractivity contribution < 1.29 is 4.79 Å². The standard InChI is InChI=1S/C20H17BrN2O/c21-15-8-9-18-16(12-15)17(20(24)23-10-4-5-11-23)13-19(22-18)14-6-2-1-3-7-14/h1-3,6-9,12-13H,4-5,10-11H2. The molecule has 24 heavy (non-hydrogen) atoms. The Hall–Kier alpha value is -2.20. The minimum atomic E-state index is 0.107. The highest BCUT2D eigenvalue weighted by Gasteiger charge is 2.22. The predicted octanol–water partition coefficient (Wildman–Crippen LogP) is 4.90. The molecule has 0 atom stereocenters. The molecule has 2 heterocycles. The first-order chi connectivity index (χ1) is 11.7. The third kappa shape index (κ3) is 2.82. The number of halogens is 1. The number of likely N-dealkylation sites (tertiary alicyclic amines) is 1. The molecule has 4 rings (SSSR count). The molecule has 1 saturated heterocycles. The first kappa shape index (κ1) is 15.3. The van der Waals surface area contributed by atoms with Gasteiger partial charge in [0.2, 0.25) is 0 Å². The Balaban J connectivity index is 1.91. The summed E-state index contributed by atoms with van der Waals surface area (Å²) in [6.45, 7) is 1.69. The lowest BCUT2D eigenvalue weighted by Gasteiger charge is -2.17. The number of nitrogens with zero attached hydrogens (tertiary/aromatic N) is 2. The van der Waals surface area contributed by atoms with Gasteiger partial charge >= 0.3 is 0 Å². The number of aromatic nitrogens is 1. The lowest BCUT2D eigenvalue weighted by atomic mass is 10.0. The molecule has 120 valence electrons. The molecule has 3 nitrogen and oxygen atoms in total. The molecular formula is C20H17BrN2O. The van der Waals surface area contributed by atoms with Crippen molar-refractivity contribution in [1.82, 2.24) is 9.88 Å². The Morgan fingerprint density at radius 3 is 2.50 bits per heavy atom. The maximum absolute atomic E-state index is 13.0. The normalized spacial score (nSPS) is 14.3. The van der Waals surface area contributed by atoms with Crippen molar-refractivity contribution in [2.45, 2.75) is 12.8 Å². The number of pyridine rings is 1. The highest BCUT2D eigenvalue weighted by Crippen LogP contribution is 2.28. The number of hydrogen-bond donors (Lipinski definition) is 0. The second kappa shape index (κ2) is 6.36. The number of hydrogen-bond acceptors (Lipinski definition) is 2. The molecule has 1 aromatic heterocycles. The zero-order valence-corrected chi connectivity index (χ0v) is 14.8. The number of carbonyl (C=O) groups excluding carboxylic acids is 1. The lowest BCUT2D eigenvalue weighted by molar-refractivity contribution is 0.0794. The lowest BCUT2D eigenvalue weighted by Crippen LogP contribution is -2.27. The number of carbonyl (C=O) groups is 1. The molecule has 1 aliphatic rings. The molecule has 0 N–H and O–H groups in total. The SMILES string of the molecule is O=C(c1cc(-c2ccccc2)nc2ccc(Br)cc12)N1CCCC1. The minimum absolute atomic E-state index is 0.107. The fourth-order valence-corrected chi connectivity index (χ4v) is 3.58. The van der Waals surface area contributed by atoms with Crippen molar-refractivity contribution >= 4 is 32.7 Å². The number of fused-ring (bicyclic) bond motifs is 1. The van der Waals surface area contributed by atoms with Gasteiger partial charge < -0.3 is 4.90 Å². The van der Waals surface area contributed by atoms with Gasteiger partial charge in [0, 0.05) is 28.5 Å². The molecular weight excluding hydrogens is 364 g/mol. The molecule has 0 saturated carbocycles. The van der Waals surface area contributed by atoms with E-state index in [1.165, 1.54) is 0 Å². The van der Waals surface area contributed by atoms with Crippen molar-refractivity contribution in [3.8, 4) is 11.3 Å². The monoisotopic (exact) mass is 380 g/mol. The van der Waals surface area contributed by atoms with E-state index >= 15 is 0 Å². The van der Waals surface area contributed by atoms with Crippen LogP contribution in [-0.2, 0) is 0 Å². The number of rotatable bonds is 2. The van der Waals surface area contributed by atoms with Gasteiger partial charge in [0.25, 0.3) is 5.91 Å². The molecule has 4 heteroatoms. The van der Waals surface area contributed by atoms with Gasteiger partial charge in [-0.1, -0.05) is 46.3 Å². The van der Waals surface area contributed by atoms with E-state index in [-0.39, 0.29) is 5.91 Å². The van der Waals surface area contributed by atoms with Crippen LogP contribution in [0.15, 0.2) is 59.1 Å². The second-order valence-electron chi connectivity index (χ2n) is 6.08. The van der Waals surface area contributed by atoms with Crippen LogP contribution in [0.5, 0.6) is 0 Å². The summed E-state index contributed by atoms with van der Waals surface area (Å²) in [5.41, 5.74) is 3.45. The maximum Gasteiger partial charge on any atom is 0.254 e. The van der Waals surface area contributed by atoms with E-state index in [9.17, 15) is 4.79 Å². The zero-order chi connectivity index (χ0) is 16.5. The Morgan fingerprint density at radius 2 is 1.75 bits per heavy atom. The van der Waals surface area contributed by atoms with Gasteiger partial charge in [-0.25, -0.2) is 4.98 Å². The summed E-state index contributed by atoms with van der Waals surface area (Å²) < 4.78 is 0.958. The Bertz CT molecular complexity index is 902. The summed E-state index contributed by atoms with van der Waals surface area (Å²) >= 11 is 3.51. The third-order valence-corrected chi connectivity index (χ3v) is 4.96. The van der Waals surface area contributed by atoms with Crippen molar-refractivity contribution in [1.29, 1.82) is 0 Å². The fraction of sp³-hybridized carbons (Fsp3) is 0.200. The quantitative estimate of drug-likeness (QED) is 0.633. The number of amides is 1. The first-order valence-corrected chi connectivity index (χ1v) is 8.97. The van der Waals surface area contributed by atoms with E-state index in [0.29, 0.717) is 0 Å². The van der Waals surface area contributed by atoms with Crippen LogP contribution in [0.3, 0.4) is 0 Å². The molecule has 0 unspecified atom stereocenters. The van der Waals surface area contributed by atoms with Crippen LogP contribution in [-0.4, -0.2) is 28.9 Å². The van der Waals surface area contributed by atoms with Crippen LogP contribution in [0.1, 0.15) is 23.2 Å². The number of benzene rings is 2. The summed E-state index contributed by atoms with van der Waals surface area (Å²) in [6, 6.07) is 17.9. The summed E-state index contributed by atoms with van der Waals surface area (Å²) in [5.74, 6) is 0.107. The van der Waals surface area contributed by atoms with E-state index < -0.39 is 0 Å². The molecule has 0 spiro atoms. The highest BCUT2D eigenvalue weighted by molar-refractivity contribution is 9.10. The Morgan fingerprint density at radius 1 is 1.00 bits per heavy atom. The van der Waals surface area contributed by atoms with Crippen LogP contribution < -0.4 is 0 Å². The van der Waals surface area contributed by atoms with E-state index in [2.05, 4.69) is 15.9 Å². The largest absolute Gasteiger partial charge is 0.339 e. The van der Waals surface area contributed by atoms with Crippen LogP contribution in [0, 0.1) is 0 Å². The first-order valence-electron chi connectivity index (χ1n) is 8.17. The average molecular weight is 381 g/mol. The Kier molecular flexibility index (Phi) is 4.07. The highest BCUT2D eigenvalue weighted by atomic mass is 79.9. The van der Waals surface area contributed by atoms with Gasteiger partial charge in [-0.05, 0) is 37.1 Å². The molecule has 2 aromatic carbocycles. The van der Waals surface area contributed by atoms with Crippen LogP contribution in [0.4, 0.5) is 0 Å². The molecule has 3 aromatic rings. The summed E-state index contributed by atoms with van der Waals surface area (Å²) in [5, 5.41) is 0.904. The van der Waals surface area contributed by atoms with E-state index in [1.54, 1.807) is 0 Å². The van der Waals surface area contributed by atoms with Crippen LogP contribution in [0.25, 0.3) is 22.2 Å². The topological polar surface area (TPSA) is 33.2 Å². The van der Waals surface area contributed by atoms with E-state index in [1.807, 2.05) is 59.5 Å². The van der Waals surface area contributed by atoms with E-state index in [0.717, 1.165) is 58.1 Å². The predicted molar refractivity (Wildman–Crippen MR) is 100 cm³/mol. The average Bonchev–Trinajstić information content (AvgIpc) is 3.15. The van der Waals surface area contributed by atoms with Gasteiger partial charge in [0.1, 0.15) is 0 Å². The zero-order valence-electron chi connectivity index (χ0n) is 13.2. The summed E-state index contributed by atoms with van der Waals surface area (Å²) in [4.78, 5) is 19.8. The maximum atomic E-state index is 13.0. The van der Waals surface area contributed by atoms with E-state index in [4.69, 9.17) is 4.98 Å². The van der Waals surface area contributed by atoms with Crippen molar-refractivity contribution in [3.05, 3.63) is 64.6 Å². The van der Waals surface area contributed by atoms with Gasteiger partial charge in [-0.2, -0.15) is 0 Å². The second-order valence-corrected chi connectivity index (χ2v) is 7.00. The molecule has 1 amide bonds. The summed E-state index contributed by atoms with van der Waals surface area (Å²) in [6.07, 6.45) is 2.17. The fourth-order valence-electron chi connectivity index (χ4n) is 3.22. The molecule has 1 fully saturated rings. The smallest absolute Gasteiger partial charge is 0.254 e. The van der Waals surface area contributed by atoms with Crippen LogP contribution in [0.2, 0.25) is 0 Å². The third-order valence-electron chi connectivity index (χ3n) is 4.46. The van der Waals surface area contributed by atoms with Crippen molar-refractivity contribution in [3.63, 3.8) is 0 Å². The molecule has 0 bridgehead atoms. The van der Waals surface area contributed by atoms with Gasteiger partial charge in [0.15, 0.2) is 0 Å². The summed E-state index contributed by atoms with van der Waals surface area (Å²) in [7, 11) is 0. The minimum Gasteiger partial charge on any atom is -0.339 e. The van der Waals surface area contributed by atoms with Gasteiger partial charge in [-0.3, -0.25) is 4.79 Å². The Labute approximate surface area is 149 Å².